The monoisotopic (exact) mass is 178 g/mol. The molecule has 7 heteroatoms. The smallest absolute Gasteiger partial charge is 0.423 e. The van der Waals surface area contributed by atoms with Gasteiger partial charge < -0.3 is 15.8 Å². The SMILES string of the molecule is Nc1[nH]nc2ncc(B(O)O)cc12. The van der Waals surface area contributed by atoms with Gasteiger partial charge in [0.15, 0.2) is 5.65 Å². The molecule has 0 aliphatic rings. The Morgan fingerprint density at radius 1 is 1.46 bits per heavy atom. The van der Waals surface area contributed by atoms with Crippen LogP contribution in [0.25, 0.3) is 11.0 Å². The van der Waals surface area contributed by atoms with Crippen LogP contribution in [0.2, 0.25) is 0 Å². The fourth-order valence-electron chi connectivity index (χ4n) is 1.08. The Morgan fingerprint density at radius 2 is 2.23 bits per heavy atom. The first-order chi connectivity index (χ1) is 6.18. The molecule has 0 saturated heterocycles. The van der Waals surface area contributed by atoms with Crippen molar-refractivity contribution in [3.8, 4) is 0 Å². The quantitative estimate of drug-likeness (QED) is 0.386. The summed E-state index contributed by atoms with van der Waals surface area (Å²) in [5, 5.41) is 24.6. The van der Waals surface area contributed by atoms with Crippen molar-refractivity contribution in [2.75, 3.05) is 5.73 Å². The van der Waals surface area contributed by atoms with E-state index in [1.165, 1.54) is 12.3 Å². The van der Waals surface area contributed by atoms with Gasteiger partial charge in [0.05, 0.1) is 5.39 Å². The number of fused-ring (bicyclic) bond motifs is 1. The highest BCUT2D eigenvalue weighted by Gasteiger charge is 2.13. The minimum atomic E-state index is -1.54. The predicted octanol–water partition coefficient (Wildman–Crippen LogP) is -1.78. The van der Waals surface area contributed by atoms with E-state index in [1.807, 2.05) is 0 Å². The second-order valence-corrected chi connectivity index (χ2v) is 2.65. The largest absolute Gasteiger partial charge is 0.490 e. The minimum absolute atomic E-state index is 0.292. The molecular weight excluding hydrogens is 171 g/mol. The number of nitrogens with zero attached hydrogens (tertiary/aromatic N) is 2. The third kappa shape index (κ3) is 1.23. The van der Waals surface area contributed by atoms with Crippen molar-refractivity contribution >= 4 is 29.4 Å². The standard InChI is InChI=1S/C6H7BN4O2/c8-5-4-1-3(7(12)13)2-9-6(4)11-10-5/h1-2,12-13H,(H3,8,9,10,11). The van der Waals surface area contributed by atoms with Crippen molar-refractivity contribution in [2.45, 2.75) is 0 Å². The summed E-state index contributed by atoms with van der Waals surface area (Å²) in [6.45, 7) is 0. The van der Waals surface area contributed by atoms with Crippen LogP contribution in [0.15, 0.2) is 12.3 Å². The Morgan fingerprint density at radius 3 is 2.92 bits per heavy atom. The first-order valence-electron chi connectivity index (χ1n) is 3.64. The number of H-pyrrole nitrogens is 1. The van der Waals surface area contributed by atoms with E-state index in [-0.39, 0.29) is 0 Å². The maximum Gasteiger partial charge on any atom is 0.490 e. The lowest BCUT2D eigenvalue weighted by atomic mass is 9.81. The fraction of sp³-hybridized carbons (Fsp3) is 0. The third-order valence-corrected chi connectivity index (χ3v) is 1.76. The lowest BCUT2D eigenvalue weighted by Gasteiger charge is -1.97. The molecular formula is C6H7BN4O2. The van der Waals surface area contributed by atoms with Gasteiger partial charge in [0, 0.05) is 11.7 Å². The average molecular weight is 178 g/mol. The third-order valence-electron chi connectivity index (χ3n) is 1.76. The zero-order valence-electron chi connectivity index (χ0n) is 6.60. The summed E-state index contributed by atoms with van der Waals surface area (Å²) >= 11 is 0. The van der Waals surface area contributed by atoms with Crippen LogP contribution in [-0.2, 0) is 0 Å². The summed E-state index contributed by atoms with van der Waals surface area (Å²) in [7, 11) is -1.54. The average Bonchev–Trinajstić information content (AvgIpc) is 2.47. The lowest BCUT2D eigenvalue weighted by Crippen LogP contribution is -2.29. The second-order valence-electron chi connectivity index (χ2n) is 2.65. The summed E-state index contributed by atoms with van der Waals surface area (Å²) in [5.41, 5.74) is 6.28. The van der Waals surface area contributed by atoms with Gasteiger partial charge in [-0.1, -0.05) is 0 Å². The number of aromatic amines is 1. The van der Waals surface area contributed by atoms with Gasteiger partial charge in [-0.25, -0.2) is 4.98 Å². The zero-order valence-corrected chi connectivity index (χ0v) is 6.60. The van der Waals surface area contributed by atoms with Crippen LogP contribution in [0.4, 0.5) is 5.82 Å². The Labute approximate surface area is 73.6 Å². The Kier molecular flexibility index (Phi) is 1.68. The first-order valence-corrected chi connectivity index (χ1v) is 3.64. The number of hydrogen-bond acceptors (Lipinski definition) is 5. The fourth-order valence-corrected chi connectivity index (χ4v) is 1.08. The number of nitrogens with one attached hydrogen (secondary N) is 1. The number of anilines is 1. The van der Waals surface area contributed by atoms with Gasteiger partial charge >= 0.3 is 7.12 Å². The van der Waals surface area contributed by atoms with E-state index in [2.05, 4.69) is 15.2 Å². The van der Waals surface area contributed by atoms with Gasteiger partial charge in [-0.05, 0) is 6.07 Å². The normalized spacial score (nSPS) is 10.6. The van der Waals surface area contributed by atoms with E-state index >= 15 is 0 Å². The number of nitrogen functional groups attached to an aromatic ring is 1. The number of hydrogen-bond donors (Lipinski definition) is 4. The molecule has 2 rings (SSSR count). The first kappa shape index (κ1) is 8.02. The Bertz CT molecular complexity index is 441. The highest BCUT2D eigenvalue weighted by Crippen LogP contribution is 2.12. The highest BCUT2D eigenvalue weighted by molar-refractivity contribution is 6.58. The van der Waals surface area contributed by atoms with E-state index in [4.69, 9.17) is 15.8 Å². The molecule has 0 aliphatic carbocycles. The highest BCUT2D eigenvalue weighted by atomic mass is 16.4. The molecule has 2 aromatic heterocycles. The molecule has 6 nitrogen and oxygen atoms in total. The molecule has 0 unspecified atom stereocenters. The van der Waals surface area contributed by atoms with Crippen LogP contribution < -0.4 is 11.2 Å². The number of nitrogens with two attached hydrogens (primary N) is 1. The second kappa shape index (κ2) is 2.72. The van der Waals surface area contributed by atoms with Crippen molar-refractivity contribution in [1.29, 1.82) is 0 Å². The maximum atomic E-state index is 8.86. The van der Waals surface area contributed by atoms with Crippen LogP contribution >= 0.6 is 0 Å². The van der Waals surface area contributed by atoms with E-state index in [1.54, 1.807) is 0 Å². The number of rotatable bonds is 1. The molecule has 13 heavy (non-hydrogen) atoms. The van der Waals surface area contributed by atoms with Gasteiger partial charge in [0.2, 0.25) is 0 Å². The maximum absolute atomic E-state index is 8.86. The van der Waals surface area contributed by atoms with Crippen molar-refractivity contribution in [1.82, 2.24) is 15.2 Å². The Hall–Kier alpha value is -1.60. The zero-order chi connectivity index (χ0) is 9.42. The van der Waals surface area contributed by atoms with E-state index in [9.17, 15) is 0 Å². The molecule has 0 aliphatic heterocycles. The van der Waals surface area contributed by atoms with Crippen LogP contribution in [-0.4, -0.2) is 32.3 Å². The van der Waals surface area contributed by atoms with Crippen molar-refractivity contribution in [2.24, 2.45) is 0 Å². The lowest BCUT2D eigenvalue weighted by molar-refractivity contribution is 0.425. The van der Waals surface area contributed by atoms with Crippen LogP contribution in [0, 0.1) is 0 Å². The molecule has 0 amide bonds. The number of aromatic nitrogens is 3. The molecule has 0 atom stereocenters. The van der Waals surface area contributed by atoms with Crippen molar-refractivity contribution in [3.05, 3.63) is 12.3 Å². The molecule has 0 saturated carbocycles. The molecule has 0 fully saturated rings. The van der Waals surface area contributed by atoms with Gasteiger partial charge in [0.25, 0.3) is 0 Å². The molecule has 5 N–H and O–H groups in total. The summed E-state index contributed by atoms with van der Waals surface area (Å²) in [4.78, 5) is 3.88. The van der Waals surface area contributed by atoms with Gasteiger partial charge in [0.1, 0.15) is 5.82 Å². The van der Waals surface area contributed by atoms with E-state index in [0.717, 1.165) is 0 Å². The molecule has 0 radical (unpaired) electrons. The van der Waals surface area contributed by atoms with Crippen molar-refractivity contribution < 1.29 is 10.0 Å². The summed E-state index contributed by atoms with van der Waals surface area (Å²) < 4.78 is 0. The summed E-state index contributed by atoms with van der Waals surface area (Å²) in [6.07, 6.45) is 1.34. The molecule has 0 bridgehead atoms. The molecule has 2 heterocycles. The molecule has 0 aromatic carbocycles. The van der Waals surface area contributed by atoms with Gasteiger partial charge in [-0.2, -0.15) is 5.10 Å². The van der Waals surface area contributed by atoms with Crippen LogP contribution in [0.5, 0.6) is 0 Å². The van der Waals surface area contributed by atoms with Crippen LogP contribution in [0.3, 0.4) is 0 Å². The van der Waals surface area contributed by atoms with E-state index < -0.39 is 7.12 Å². The van der Waals surface area contributed by atoms with E-state index in [0.29, 0.717) is 22.3 Å². The summed E-state index contributed by atoms with van der Waals surface area (Å²) in [5.74, 6) is 0.366. The predicted molar refractivity (Wildman–Crippen MR) is 48.1 cm³/mol. The molecule has 0 spiro atoms. The number of pyridine rings is 1. The summed E-state index contributed by atoms with van der Waals surface area (Å²) in [6, 6.07) is 1.53. The van der Waals surface area contributed by atoms with Gasteiger partial charge in [-0.3, -0.25) is 5.10 Å². The minimum Gasteiger partial charge on any atom is -0.423 e. The Balaban J connectivity index is 2.66. The van der Waals surface area contributed by atoms with Crippen LogP contribution in [0.1, 0.15) is 0 Å². The van der Waals surface area contributed by atoms with Crippen molar-refractivity contribution in [3.63, 3.8) is 0 Å². The topological polar surface area (TPSA) is 108 Å². The van der Waals surface area contributed by atoms with Gasteiger partial charge in [-0.15, -0.1) is 0 Å². The molecule has 66 valence electrons. The molecule has 2 aromatic rings.